The molecule has 1 aromatic carbocycles. The zero-order chi connectivity index (χ0) is 22.4. The fourth-order valence-corrected chi connectivity index (χ4v) is 3.41. The number of nitrogens with one attached hydrogen (secondary N) is 2. The van der Waals surface area contributed by atoms with Crippen LogP contribution in [0.3, 0.4) is 0 Å². The molecule has 0 aliphatic rings. The van der Waals surface area contributed by atoms with Crippen molar-refractivity contribution >= 4 is 27.8 Å². The maximum atomic E-state index is 12.4. The van der Waals surface area contributed by atoms with Gasteiger partial charge in [0.25, 0.3) is 5.91 Å². The highest BCUT2D eigenvalue weighted by Gasteiger charge is 2.21. The smallest absolute Gasteiger partial charge is 0.338 e. The Kier molecular flexibility index (Phi) is 8.34. The van der Waals surface area contributed by atoms with Crippen molar-refractivity contribution in [2.75, 3.05) is 26.7 Å². The number of amides is 2. The average Bonchev–Trinajstić information content (AvgIpc) is 2.57. The van der Waals surface area contributed by atoms with Crippen LogP contribution in [-0.2, 0) is 24.3 Å². The number of hydrogen-bond donors (Lipinski definition) is 2. The van der Waals surface area contributed by atoms with Crippen molar-refractivity contribution in [2.45, 2.75) is 45.1 Å². The second-order valence-corrected chi connectivity index (χ2v) is 9.37. The Morgan fingerprint density at radius 1 is 1.17 bits per heavy atom. The number of benzene rings is 1. The van der Waals surface area contributed by atoms with Crippen LogP contribution in [0, 0.1) is 6.92 Å². The van der Waals surface area contributed by atoms with Crippen LogP contribution in [0.1, 0.15) is 43.6 Å². The summed E-state index contributed by atoms with van der Waals surface area (Å²) in [6.45, 7) is 8.20. The molecule has 0 atom stereocenters. The molecule has 0 spiro atoms. The molecule has 1 aromatic rings. The van der Waals surface area contributed by atoms with Crippen LogP contribution in [0.4, 0.5) is 0 Å². The van der Waals surface area contributed by atoms with E-state index in [9.17, 15) is 22.8 Å². The number of hydrogen-bond acceptors (Lipinski definition) is 6. The lowest BCUT2D eigenvalue weighted by molar-refractivity contribution is -0.137. The molecule has 0 aromatic heterocycles. The molecular weight excluding hydrogens is 398 g/mol. The summed E-state index contributed by atoms with van der Waals surface area (Å²) in [5, 5.41) is 2.73. The minimum Gasteiger partial charge on any atom is -0.452 e. The second-order valence-electron chi connectivity index (χ2n) is 7.60. The Hall–Kier alpha value is -2.46. The van der Waals surface area contributed by atoms with Gasteiger partial charge in [0.15, 0.2) is 6.61 Å². The van der Waals surface area contributed by atoms with Gasteiger partial charge in [0, 0.05) is 19.1 Å². The van der Waals surface area contributed by atoms with Crippen LogP contribution in [-0.4, -0.2) is 63.4 Å². The topological polar surface area (TPSA) is 122 Å². The Bertz CT molecular complexity index is 874. The molecule has 10 heteroatoms. The van der Waals surface area contributed by atoms with Crippen LogP contribution < -0.4 is 10.0 Å². The standard InChI is InChI=1S/C19H29N3O6S/c1-7-20-29(26,27)14-9-8-13(2)15(10-14)18(25)28-12-17(24)22(6)11-16(23)21-19(3,4)5/h8-10,20H,7,11-12H2,1-6H3,(H,21,23). The van der Waals surface area contributed by atoms with E-state index in [0.717, 1.165) is 4.90 Å². The summed E-state index contributed by atoms with van der Waals surface area (Å²) in [6, 6.07) is 4.09. The van der Waals surface area contributed by atoms with E-state index in [1.165, 1.54) is 25.2 Å². The van der Waals surface area contributed by atoms with Gasteiger partial charge in [-0.05, 0) is 45.4 Å². The molecule has 162 valence electrons. The predicted octanol–water partition coefficient (Wildman–Crippen LogP) is 0.823. The number of ether oxygens (including phenoxy) is 1. The number of esters is 1. The summed E-state index contributed by atoms with van der Waals surface area (Å²) in [7, 11) is -2.31. The highest BCUT2D eigenvalue weighted by Crippen LogP contribution is 2.16. The fourth-order valence-electron chi connectivity index (χ4n) is 2.34. The van der Waals surface area contributed by atoms with Crippen molar-refractivity contribution in [3.63, 3.8) is 0 Å². The molecule has 2 amide bonds. The van der Waals surface area contributed by atoms with E-state index in [1.807, 2.05) is 20.8 Å². The number of carbonyl (C=O) groups excluding carboxylic acids is 3. The number of likely N-dealkylation sites (N-methyl/N-ethyl adjacent to an activating group) is 1. The predicted molar refractivity (Wildman–Crippen MR) is 108 cm³/mol. The lowest BCUT2D eigenvalue weighted by Gasteiger charge is -2.23. The molecule has 0 saturated heterocycles. The van der Waals surface area contributed by atoms with E-state index in [-0.39, 0.29) is 29.5 Å². The number of sulfonamides is 1. The summed E-state index contributed by atoms with van der Waals surface area (Å²) in [5.41, 5.74) is 0.129. The molecule has 0 bridgehead atoms. The number of nitrogens with zero attached hydrogens (tertiary/aromatic N) is 1. The second kappa shape index (κ2) is 9.84. The van der Waals surface area contributed by atoms with Gasteiger partial charge in [-0.15, -0.1) is 0 Å². The van der Waals surface area contributed by atoms with Gasteiger partial charge in [0.1, 0.15) is 0 Å². The normalized spacial score (nSPS) is 11.7. The highest BCUT2D eigenvalue weighted by molar-refractivity contribution is 7.89. The zero-order valence-electron chi connectivity index (χ0n) is 17.7. The summed E-state index contributed by atoms with van der Waals surface area (Å²) in [4.78, 5) is 37.5. The van der Waals surface area contributed by atoms with Gasteiger partial charge in [-0.2, -0.15) is 0 Å². The van der Waals surface area contributed by atoms with E-state index in [2.05, 4.69) is 10.0 Å². The first-order valence-corrected chi connectivity index (χ1v) is 10.6. The fraction of sp³-hybridized carbons (Fsp3) is 0.526. The summed E-state index contributed by atoms with van der Waals surface area (Å²) in [5.74, 6) is -1.72. The van der Waals surface area contributed by atoms with Gasteiger partial charge in [0.05, 0.1) is 17.0 Å². The number of rotatable bonds is 8. The van der Waals surface area contributed by atoms with Crippen molar-refractivity contribution in [1.29, 1.82) is 0 Å². The van der Waals surface area contributed by atoms with E-state index in [1.54, 1.807) is 13.8 Å². The van der Waals surface area contributed by atoms with Gasteiger partial charge in [-0.3, -0.25) is 9.59 Å². The van der Waals surface area contributed by atoms with E-state index in [0.29, 0.717) is 5.56 Å². The molecule has 0 fully saturated rings. The molecule has 2 N–H and O–H groups in total. The maximum Gasteiger partial charge on any atom is 0.338 e. The van der Waals surface area contributed by atoms with E-state index < -0.39 is 34.0 Å². The number of carbonyl (C=O) groups is 3. The van der Waals surface area contributed by atoms with Crippen LogP contribution in [0.15, 0.2) is 23.1 Å². The lowest BCUT2D eigenvalue weighted by Crippen LogP contribution is -2.46. The van der Waals surface area contributed by atoms with Crippen molar-refractivity contribution in [3.8, 4) is 0 Å². The third-order valence-electron chi connectivity index (χ3n) is 3.72. The Morgan fingerprint density at radius 3 is 2.34 bits per heavy atom. The first-order valence-electron chi connectivity index (χ1n) is 9.09. The van der Waals surface area contributed by atoms with Crippen LogP contribution in [0.5, 0.6) is 0 Å². The minimum absolute atomic E-state index is 0.0462. The molecule has 29 heavy (non-hydrogen) atoms. The van der Waals surface area contributed by atoms with Crippen molar-refractivity contribution < 1.29 is 27.5 Å². The van der Waals surface area contributed by atoms with Crippen LogP contribution in [0.2, 0.25) is 0 Å². The lowest BCUT2D eigenvalue weighted by atomic mass is 10.1. The minimum atomic E-state index is -3.73. The maximum absolute atomic E-state index is 12.4. The Morgan fingerprint density at radius 2 is 1.79 bits per heavy atom. The van der Waals surface area contributed by atoms with E-state index >= 15 is 0 Å². The molecule has 0 saturated carbocycles. The summed E-state index contributed by atoms with van der Waals surface area (Å²) in [6.07, 6.45) is 0. The van der Waals surface area contributed by atoms with Crippen LogP contribution in [0.25, 0.3) is 0 Å². The molecule has 0 heterocycles. The van der Waals surface area contributed by atoms with Gasteiger partial charge in [-0.25, -0.2) is 17.9 Å². The largest absolute Gasteiger partial charge is 0.452 e. The van der Waals surface area contributed by atoms with E-state index in [4.69, 9.17) is 4.74 Å². The van der Waals surface area contributed by atoms with Gasteiger partial charge in [0.2, 0.25) is 15.9 Å². The first kappa shape index (κ1) is 24.6. The zero-order valence-corrected chi connectivity index (χ0v) is 18.5. The van der Waals surface area contributed by atoms with Gasteiger partial charge >= 0.3 is 5.97 Å². The number of aryl methyl sites for hydroxylation is 1. The molecular formula is C19H29N3O6S. The SMILES string of the molecule is CCNS(=O)(=O)c1ccc(C)c(C(=O)OCC(=O)N(C)CC(=O)NC(C)(C)C)c1. The van der Waals surface area contributed by atoms with Crippen LogP contribution >= 0.6 is 0 Å². The third kappa shape index (κ3) is 7.82. The van der Waals surface area contributed by atoms with Gasteiger partial charge < -0.3 is 15.0 Å². The van der Waals surface area contributed by atoms with Gasteiger partial charge in [-0.1, -0.05) is 13.0 Å². The van der Waals surface area contributed by atoms with Crippen molar-refractivity contribution in [3.05, 3.63) is 29.3 Å². The summed E-state index contributed by atoms with van der Waals surface area (Å²) < 4.78 is 31.6. The molecule has 0 radical (unpaired) electrons. The average molecular weight is 428 g/mol. The molecule has 9 nitrogen and oxygen atoms in total. The van der Waals surface area contributed by atoms with Crippen molar-refractivity contribution in [2.24, 2.45) is 0 Å². The third-order valence-corrected chi connectivity index (χ3v) is 5.26. The first-order chi connectivity index (χ1) is 13.3. The monoisotopic (exact) mass is 427 g/mol. The Balaban J connectivity index is 2.77. The van der Waals surface area contributed by atoms with Crippen molar-refractivity contribution in [1.82, 2.24) is 14.9 Å². The molecule has 1 rings (SSSR count). The Labute approximate surface area is 171 Å². The molecule has 0 aliphatic carbocycles. The highest BCUT2D eigenvalue weighted by atomic mass is 32.2. The molecule has 0 unspecified atom stereocenters. The quantitative estimate of drug-likeness (QED) is 0.593. The summed E-state index contributed by atoms with van der Waals surface area (Å²) >= 11 is 0. The molecule has 0 aliphatic heterocycles.